The van der Waals surface area contributed by atoms with E-state index in [0.717, 1.165) is 0 Å². The number of nitrogens with one attached hydrogen (secondary N) is 1. The summed E-state index contributed by atoms with van der Waals surface area (Å²) in [6, 6.07) is 1.36. The van der Waals surface area contributed by atoms with Crippen molar-refractivity contribution in [1.82, 2.24) is 5.43 Å². The van der Waals surface area contributed by atoms with Crippen molar-refractivity contribution in [1.29, 1.82) is 0 Å². The lowest BCUT2D eigenvalue weighted by molar-refractivity contribution is 0.249. The number of nitrogens with zero attached hydrogens (tertiary/aromatic N) is 1. The van der Waals surface area contributed by atoms with Gasteiger partial charge in [0, 0.05) is 12.6 Å². The highest BCUT2D eigenvalue weighted by Gasteiger charge is 1.88. The first-order valence-corrected chi connectivity index (χ1v) is 4.31. The van der Waals surface area contributed by atoms with E-state index in [1.165, 1.54) is 5.56 Å². The number of hydrogen-bond donors (Lipinski definition) is 2. The highest BCUT2D eigenvalue weighted by atomic mass is 32.1. The van der Waals surface area contributed by atoms with Crippen LogP contribution in [-0.2, 0) is 6.42 Å². The highest BCUT2D eigenvalue weighted by molar-refractivity contribution is 7.07. The molecule has 1 heterocycles. The number of rotatable bonds is 3. The Balaban J connectivity index is 2.26. The van der Waals surface area contributed by atoms with Crippen LogP contribution in [0.3, 0.4) is 0 Å². The number of nitrogens with two attached hydrogens (primary N) is 1. The Hall–Kier alpha value is -1.36. The second-order valence-electron chi connectivity index (χ2n) is 2.12. The van der Waals surface area contributed by atoms with Crippen molar-refractivity contribution in [2.75, 3.05) is 0 Å². The molecule has 0 saturated carbocycles. The summed E-state index contributed by atoms with van der Waals surface area (Å²) in [7, 11) is 0. The average molecular weight is 183 g/mol. The van der Waals surface area contributed by atoms with E-state index in [-0.39, 0.29) is 0 Å². The molecule has 0 atom stereocenters. The Bertz CT molecular complexity index is 268. The number of thiophene rings is 1. The van der Waals surface area contributed by atoms with E-state index in [2.05, 4.69) is 10.5 Å². The third-order valence-electron chi connectivity index (χ3n) is 1.17. The quantitative estimate of drug-likeness (QED) is 0.531. The molecule has 0 bridgehead atoms. The molecule has 0 aromatic carbocycles. The molecule has 64 valence electrons. The van der Waals surface area contributed by atoms with Crippen LogP contribution in [0.2, 0.25) is 0 Å². The van der Waals surface area contributed by atoms with Gasteiger partial charge in [-0.25, -0.2) is 10.2 Å². The lowest BCUT2D eigenvalue weighted by Crippen LogP contribution is -2.24. The number of carbonyl (C=O) groups excluding carboxylic acids is 1. The lowest BCUT2D eigenvalue weighted by atomic mass is 10.3. The van der Waals surface area contributed by atoms with Crippen molar-refractivity contribution in [2.24, 2.45) is 10.8 Å². The van der Waals surface area contributed by atoms with Gasteiger partial charge in [-0.05, 0) is 22.4 Å². The van der Waals surface area contributed by atoms with Crippen LogP contribution in [0, 0.1) is 0 Å². The number of primary amides is 1. The Morgan fingerprint density at radius 3 is 3.25 bits per heavy atom. The van der Waals surface area contributed by atoms with Crippen molar-refractivity contribution >= 4 is 23.6 Å². The summed E-state index contributed by atoms with van der Waals surface area (Å²) in [5.41, 5.74) is 8.09. The van der Waals surface area contributed by atoms with Crippen LogP contribution in [0.4, 0.5) is 4.79 Å². The summed E-state index contributed by atoms with van der Waals surface area (Å²) in [5, 5.41) is 7.62. The minimum Gasteiger partial charge on any atom is -0.350 e. The molecule has 0 aliphatic carbocycles. The number of urea groups is 1. The Morgan fingerprint density at radius 1 is 1.83 bits per heavy atom. The van der Waals surface area contributed by atoms with Crippen LogP contribution < -0.4 is 11.2 Å². The maximum Gasteiger partial charge on any atom is 0.332 e. The van der Waals surface area contributed by atoms with Gasteiger partial charge in [-0.1, -0.05) is 0 Å². The van der Waals surface area contributed by atoms with Crippen LogP contribution in [-0.4, -0.2) is 12.2 Å². The normalized spacial score (nSPS) is 10.3. The molecule has 0 unspecified atom stereocenters. The van der Waals surface area contributed by atoms with E-state index in [1.807, 2.05) is 16.8 Å². The average Bonchev–Trinajstić information content (AvgIpc) is 2.49. The first kappa shape index (κ1) is 8.73. The van der Waals surface area contributed by atoms with E-state index < -0.39 is 6.03 Å². The summed E-state index contributed by atoms with van der Waals surface area (Å²) >= 11 is 1.63. The molecule has 2 amide bonds. The number of hydrazone groups is 1. The van der Waals surface area contributed by atoms with Crippen LogP contribution in [0.5, 0.6) is 0 Å². The zero-order chi connectivity index (χ0) is 8.81. The summed E-state index contributed by atoms with van der Waals surface area (Å²) in [6.45, 7) is 0. The summed E-state index contributed by atoms with van der Waals surface area (Å²) in [6.07, 6.45) is 2.32. The summed E-state index contributed by atoms with van der Waals surface area (Å²) < 4.78 is 0. The SMILES string of the molecule is NC(=O)N/N=C/Cc1ccsc1. The molecule has 0 radical (unpaired) electrons. The van der Waals surface area contributed by atoms with Gasteiger partial charge in [0.15, 0.2) is 0 Å². The highest BCUT2D eigenvalue weighted by Crippen LogP contribution is 2.04. The van der Waals surface area contributed by atoms with E-state index in [9.17, 15) is 4.79 Å². The Morgan fingerprint density at radius 2 is 2.67 bits per heavy atom. The predicted octanol–water partition coefficient (Wildman–Crippen LogP) is 0.945. The largest absolute Gasteiger partial charge is 0.350 e. The predicted molar refractivity (Wildman–Crippen MR) is 49.2 cm³/mol. The first-order chi connectivity index (χ1) is 5.79. The molecule has 5 heteroatoms. The fraction of sp³-hybridized carbons (Fsp3) is 0.143. The molecule has 0 aliphatic rings. The van der Waals surface area contributed by atoms with Gasteiger partial charge in [-0.2, -0.15) is 16.4 Å². The van der Waals surface area contributed by atoms with Crippen molar-refractivity contribution in [3.05, 3.63) is 22.4 Å². The van der Waals surface area contributed by atoms with Gasteiger partial charge in [-0.3, -0.25) is 0 Å². The smallest absolute Gasteiger partial charge is 0.332 e. The van der Waals surface area contributed by atoms with Crippen LogP contribution in [0.25, 0.3) is 0 Å². The van der Waals surface area contributed by atoms with Gasteiger partial charge >= 0.3 is 6.03 Å². The first-order valence-electron chi connectivity index (χ1n) is 3.37. The van der Waals surface area contributed by atoms with E-state index in [0.29, 0.717) is 6.42 Å². The maximum absolute atomic E-state index is 10.2. The Labute approximate surface area is 74.1 Å². The molecule has 12 heavy (non-hydrogen) atoms. The standard InChI is InChI=1S/C7H9N3OS/c8-7(11)10-9-3-1-6-2-4-12-5-6/h2-5H,1H2,(H3,8,10,11)/b9-3+. The van der Waals surface area contributed by atoms with E-state index in [1.54, 1.807) is 17.6 Å². The van der Waals surface area contributed by atoms with Gasteiger partial charge in [0.05, 0.1) is 0 Å². The third kappa shape index (κ3) is 3.16. The van der Waals surface area contributed by atoms with Gasteiger partial charge in [0.2, 0.25) is 0 Å². The van der Waals surface area contributed by atoms with Gasteiger partial charge < -0.3 is 5.73 Å². The molecule has 0 spiro atoms. The lowest BCUT2D eigenvalue weighted by Gasteiger charge is -1.89. The minimum absolute atomic E-state index is 0.642. The minimum atomic E-state index is -0.642. The molecule has 0 fully saturated rings. The maximum atomic E-state index is 10.2. The molecule has 1 rings (SSSR count). The molecule has 3 N–H and O–H groups in total. The van der Waals surface area contributed by atoms with Gasteiger partial charge in [0.1, 0.15) is 0 Å². The zero-order valence-corrected chi connectivity index (χ0v) is 7.17. The van der Waals surface area contributed by atoms with Crippen molar-refractivity contribution in [2.45, 2.75) is 6.42 Å². The summed E-state index contributed by atoms with van der Waals surface area (Å²) in [4.78, 5) is 10.2. The number of hydrogen-bond acceptors (Lipinski definition) is 3. The van der Waals surface area contributed by atoms with Crippen LogP contribution in [0.15, 0.2) is 21.9 Å². The molecule has 1 aromatic rings. The van der Waals surface area contributed by atoms with Crippen molar-refractivity contribution in [3.63, 3.8) is 0 Å². The molecule has 0 saturated heterocycles. The molecule has 4 nitrogen and oxygen atoms in total. The van der Waals surface area contributed by atoms with Crippen molar-refractivity contribution in [3.8, 4) is 0 Å². The summed E-state index contributed by atoms with van der Waals surface area (Å²) in [5.74, 6) is 0. The van der Waals surface area contributed by atoms with Crippen LogP contribution in [0.1, 0.15) is 5.56 Å². The second kappa shape index (κ2) is 4.50. The molecular formula is C7H9N3OS. The molecule has 0 aliphatic heterocycles. The van der Waals surface area contributed by atoms with Crippen molar-refractivity contribution < 1.29 is 4.79 Å². The van der Waals surface area contributed by atoms with Gasteiger partial charge in [0.25, 0.3) is 0 Å². The third-order valence-corrected chi connectivity index (χ3v) is 1.91. The molecular weight excluding hydrogens is 174 g/mol. The van der Waals surface area contributed by atoms with Gasteiger partial charge in [-0.15, -0.1) is 0 Å². The second-order valence-corrected chi connectivity index (χ2v) is 2.90. The number of amides is 2. The fourth-order valence-corrected chi connectivity index (χ4v) is 1.35. The molecule has 1 aromatic heterocycles. The van der Waals surface area contributed by atoms with E-state index in [4.69, 9.17) is 5.73 Å². The monoisotopic (exact) mass is 183 g/mol. The van der Waals surface area contributed by atoms with Crippen LogP contribution >= 0.6 is 11.3 Å². The Kier molecular flexibility index (Phi) is 3.28. The topological polar surface area (TPSA) is 67.5 Å². The fourth-order valence-electron chi connectivity index (χ4n) is 0.669. The zero-order valence-electron chi connectivity index (χ0n) is 6.36. The van der Waals surface area contributed by atoms with E-state index >= 15 is 0 Å². The number of carbonyl (C=O) groups is 1.